The van der Waals surface area contributed by atoms with Gasteiger partial charge in [0.25, 0.3) is 0 Å². The molecule has 3 saturated carbocycles. The third kappa shape index (κ3) is 3.19. The van der Waals surface area contributed by atoms with Gasteiger partial charge in [0, 0.05) is 6.04 Å². The highest BCUT2D eigenvalue weighted by atomic mass is 14.7. The highest BCUT2D eigenvalue weighted by Gasteiger charge is 2.63. The predicted molar refractivity (Wildman–Crippen MR) is 126 cm³/mol. The molecule has 4 rings (SSSR count). The van der Waals surface area contributed by atoms with Crippen LogP contribution in [-0.4, -0.2) is 6.04 Å². The quantitative estimate of drug-likeness (QED) is 0.486. The normalized spacial score (nSPS) is 52.2. The molecular formula is C28H49N. The molecule has 0 saturated heterocycles. The predicted octanol–water partition coefficient (Wildman–Crippen LogP) is 7.60. The highest BCUT2D eigenvalue weighted by Crippen LogP contribution is 2.71. The molecule has 0 aromatic carbocycles. The maximum Gasteiger partial charge on any atom is 0.00134 e. The zero-order chi connectivity index (χ0) is 21.2. The maximum atomic E-state index is 6.42. The lowest BCUT2D eigenvalue weighted by atomic mass is 9.37. The first-order chi connectivity index (χ1) is 13.5. The molecule has 0 aromatic rings. The Hall–Kier alpha value is -0.300. The second kappa shape index (κ2) is 7.11. The first-order valence-electron chi connectivity index (χ1n) is 12.9. The smallest absolute Gasteiger partial charge is 0.00134 e. The molecule has 3 fully saturated rings. The Labute approximate surface area is 181 Å². The molecule has 0 aromatic heterocycles. The molecule has 2 N–H and O–H groups in total. The topological polar surface area (TPSA) is 26.0 Å². The van der Waals surface area contributed by atoms with Gasteiger partial charge in [-0.2, -0.15) is 0 Å². The summed E-state index contributed by atoms with van der Waals surface area (Å²) >= 11 is 0. The first kappa shape index (κ1) is 21.9. The van der Waals surface area contributed by atoms with Crippen molar-refractivity contribution in [1.82, 2.24) is 0 Å². The standard InChI is InChI=1S/C28H49N/c1-8-26(5)16-12-21-20(22(26)18-19(2)29)10-11-24-27(21,6)17-13-23-25(3,4)14-9-15-28(23,24)7/h9,14,19-24H,8,10-13,15-18,29H2,1-7H3. The van der Waals surface area contributed by atoms with Crippen LogP contribution in [0.4, 0.5) is 0 Å². The summed E-state index contributed by atoms with van der Waals surface area (Å²) in [6.45, 7) is 17.7. The van der Waals surface area contributed by atoms with Crippen molar-refractivity contribution in [1.29, 1.82) is 0 Å². The van der Waals surface area contributed by atoms with Crippen LogP contribution in [0.25, 0.3) is 0 Å². The summed E-state index contributed by atoms with van der Waals surface area (Å²) < 4.78 is 0. The van der Waals surface area contributed by atoms with Gasteiger partial charge in [0.1, 0.15) is 0 Å². The van der Waals surface area contributed by atoms with Crippen molar-refractivity contribution in [3.63, 3.8) is 0 Å². The lowest BCUT2D eigenvalue weighted by Crippen LogP contribution is -2.61. The van der Waals surface area contributed by atoms with E-state index in [4.69, 9.17) is 5.73 Å². The van der Waals surface area contributed by atoms with Crippen molar-refractivity contribution in [2.45, 2.75) is 112 Å². The van der Waals surface area contributed by atoms with Crippen molar-refractivity contribution in [3.8, 4) is 0 Å². The van der Waals surface area contributed by atoms with Crippen LogP contribution in [0.1, 0.15) is 106 Å². The zero-order valence-electron chi connectivity index (χ0n) is 20.6. The summed E-state index contributed by atoms with van der Waals surface area (Å²) in [4.78, 5) is 0. The van der Waals surface area contributed by atoms with Gasteiger partial charge in [-0.25, -0.2) is 0 Å². The minimum Gasteiger partial charge on any atom is -0.328 e. The molecule has 0 radical (unpaired) electrons. The van der Waals surface area contributed by atoms with Gasteiger partial charge in [0.15, 0.2) is 0 Å². The molecule has 0 amide bonds. The first-order valence-corrected chi connectivity index (χ1v) is 12.9. The number of allylic oxidation sites excluding steroid dienone is 2. The number of fused-ring (bicyclic) bond motifs is 5. The fourth-order valence-electron chi connectivity index (χ4n) is 9.86. The summed E-state index contributed by atoms with van der Waals surface area (Å²) in [6, 6.07) is 0.340. The molecule has 9 unspecified atom stereocenters. The molecule has 4 aliphatic rings. The lowest BCUT2D eigenvalue weighted by Gasteiger charge is -2.68. The molecule has 1 heteroatoms. The summed E-state index contributed by atoms with van der Waals surface area (Å²) in [5, 5.41) is 0. The van der Waals surface area contributed by atoms with Gasteiger partial charge in [-0.05, 0) is 110 Å². The largest absolute Gasteiger partial charge is 0.328 e. The van der Waals surface area contributed by atoms with Gasteiger partial charge in [0.2, 0.25) is 0 Å². The van der Waals surface area contributed by atoms with E-state index in [-0.39, 0.29) is 0 Å². The van der Waals surface area contributed by atoms with Gasteiger partial charge in [-0.1, -0.05) is 60.1 Å². The van der Waals surface area contributed by atoms with E-state index in [9.17, 15) is 0 Å². The highest BCUT2D eigenvalue weighted by molar-refractivity contribution is 5.18. The molecule has 0 heterocycles. The average Bonchev–Trinajstić information content (AvgIpc) is 2.62. The number of nitrogens with two attached hydrogens (primary N) is 1. The van der Waals surface area contributed by atoms with Crippen molar-refractivity contribution in [2.75, 3.05) is 0 Å². The van der Waals surface area contributed by atoms with Gasteiger partial charge in [-0.3, -0.25) is 0 Å². The van der Waals surface area contributed by atoms with Crippen LogP contribution in [0, 0.1) is 51.2 Å². The minimum atomic E-state index is 0.340. The SMILES string of the molecule is CCC1(C)CCC2C(CCC3C2(C)CCC2C(C)(C)C=CCC23C)C1CC(C)N. The van der Waals surface area contributed by atoms with E-state index >= 15 is 0 Å². The van der Waals surface area contributed by atoms with Gasteiger partial charge >= 0.3 is 0 Å². The van der Waals surface area contributed by atoms with Crippen molar-refractivity contribution < 1.29 is 0 Å². The van der Waals surface area contributed by atoms with Crippen molar-refractivity contribution >= 4 is 0 Å². The third-order valence-corrected chi connectivity index (χ3v) is 11.4. The minimum absolute atomic E-state index is 0.340. The molecule has 9 atom stereocenters. The van der Waals surface area contributed by atoms with E-state index in [1.807, 2.05) is 0 Å². The zero-order valence-corrected chi connectivity index (χ0v) is 20.6. The Morgan fingerprint density at radius 2 is 1.66 bits per heavy atom. The Morgan fingerprint density at radius 1 is 0.931 bits per heavy atom. The van der Waals surface area contributed by atoms with Gasteiger partial charge in [0.05, 0.1) is 0 Å². The molecule has 0 aliphatic heterocycles. The monoisotopic (exact) mass is 399 g/mol. The van der Waals surface area contributed by atoms with E-state index in [1.54, 1.807) is 0 Å². The van der Waals surface area contributed by atoms with Crippen LogP contribution in [0.5, 0.6) is 0 Å². The van der Waals surface area contributed by atoms with Crippen LogP contribution in [0.3, 0.4) is 0 Å². The third-order valence-electron chi connectivity index (χ3n) is 11.4. The molecule has 1 nitrogen and oxygen atoms in total. The van der Waals surface area contributed by atoms with Crippen LogP contribution >= 0.6 is 0 Å². The summed E-state index contributed by atoms with van der Waals surface area (Å²) in [5.74, 6) is 4.43. The van der Waals surface area contributed by atoms with E-state index < -0.39 is 0 Å². The number of hydrogen-bond acceptors (Lipinski definition) is 1. The van der Waals surface area contributed by atoms with Crippen molar-refractivity contribution in [2.24, 2.45) is 57.0 Å². The van der Waals surface area contributed by atoms with E-state index in [2.05, 4.69) is 60.6 Å². The molecule has 0 bridgehead atoms. The Kier molecular flexibility index (Phi) is 5.37. The van der Waals surface area contributed by atoms with Gasteiger partial charge < -0.3 is 5.73 Å². The second-order valence-electron chi connectivity index (χ2n) is 13.3. The summed E-state index contributed by atoms with van der Waals surface area (Å²) in [7, 11) is 0. The number of rotatable bonds is 3. The summed E-state index contributed by atoms with van der Waals surface area (Å²) in [6.07, 6.45) is 17.7. The van der Waals surface area contributed by atoms with Crippen LogP contribution < -0.4 is 5.73 Å². The Bertz CT molecular complexity index is 647. The number of hydrogen-bond donors (Lipinski definition) is 1. The molecule has 0 spiro atoms. The van der Waals surface area contributed by atoms with Crippen LogP contribution in [0.15, 0.2) is 12.2 Å². The molecular weight excluding hydrogens is 350 g/mol. The van der Waals surface area contributed by atoms with Crippen LogP contribution in [-0.2, 0) is 0 Å². The molecule has 4 aliphatic carbocycles. The Morgan fingerprint density at radius 3 is 2.31 bits per heavy atom. The van der Waals surface area contributed by atoms with E-state index in [0.717, 1.165) is 29.6 Å². The Balaban J connectivity index is 1.68. The average molecular weight is 400 g/mol. The van der Waals surface area contributed by atoms with Crippen LogP contribution in [0.2, 0.25) is 0 Å². The fraction of sp³-hybridized carbons (Fsp3) is 0.929. The fourth-order valence-corrected chi connectivity index (χ4v) is 9.86. The second-order valence-corrected chi connectivity index (χ2v) is 13.3. The van der Waals surface area contributed by atoms with E-state index in [1.165, 1.54) is 57.8 Å². The van der Waals surface area contributed by atoms with Crippen molar-refractivity contribution in [3.05, 3.63) is 12.2 Å². The maximum absolute atomic E-state index is 6.42. The van der Waals surface area contributed by atoms with Gasteiger partial charge in [-0.15, -0.1) is 0 Å². The molecule has 29 heavy (non-hydrogen) atoms. The molecule has 166 valence electrons. The lowest BCUT2D eigenvalue weighted by molar-refractivity contribution is -0.182. The summed E-state index contributed by atoms with van der Waals surface area (Å²) in [5.41, 5.74) is 8.34. The van der Waals surface area contributed by atoms with E-state index in [0.29, 0.717) is 27.7 Å².